The zero-order valence-electron chi connectivity index (χ0n) is 8.49. The highest BCUT2D eigenvalue weighted by molar-refractivity contribution is 5.74. The van der Waals surface area contributed by atoms with E-state index in [1.807, 2.05) is 24.3 Å². The first-order valence-corrected chi connectivity index (χ1v) is 4.88. The fraction of sp³-hybridized carbons (Fsp3) is 0.364. The molecule has 0 aliphatic carbocycles. The van der Waals surface area contributed by atoms with Gasteiger partial charge in [0.2, 0.25) is 0 Å². The molecule has 0 radical (unpaired) electrons. The maximum atomic E-state index is 6.01. The van der Waals surface area contributed by atoms with Gasteiger partial charge in [-0.3, -0.25) is 0 Å². The van der Waals surface area contributed by atoms with E-state index in [0.717, 1.165) is 16.9 Å². The highest BCUT2D eigenvalue weighted by atomic mass is 15.0. The van der Waals surface area contributed by atoms with Gasteiger partial charge in [-0.25, -0.2) is 4.98 Å². The van der Waals surface area contributed by atoms with Crippen molar-refractivity contribution in [2.75, 3.05) is 0 Å². The Bertz CT molecular complexity index is 398. The SMILES string of the molecule is CC(C)[C@@H](N)c1nc2ccccc2[nH]1. The highest BCUT2D eigenvalue weighted by Gasteiger charge is 2.14. The Morgan fingerprint density at radius 1 is 1.29 bits per heavy atom. The van der Waals surface area contributed by atoms with Gasteiger partial charge in [0, 0.05) is 0 Å². The second kappa shape index (κ2) is 3.42. The van der Waals surface area contributed by atoms with Crippen molar-refractivity contribution in [1.29, 1.82) is 0 Å². The molecular formula is C11H15N3. The molecule has 1 aromatic heterocycles. The minimum absolute atomic E-state index is 0.0117. The van der Waals surface area contributed by atoms with Crippen LogP contribution in [-0.2, 0) is 0 Å². The Morgan fingerprint density at radius 2 is 2.00 bits per heavy atom. The molecule has 0 saturated carbocycles. The quantitative estimate of drug-likeness (QED) is 0.761. The first kappa shape index (κ1) is 9.21. The number of rotatable bonds is 2. The zero-order valence-corrected chi connectivity index (χ0v) is 8.49. The van der Waals surface area contributed by atoms with Crippen LogP contribution in [0.2, 0.25) is 0 Å². The average molecular weight is 189 g/mol. The number of aromatic amines is 1. The van der Waals surface area contributed by atoms with Gasteiger partial charge in [-0.2, -0.15) is 0 Å². The van der Waals surface area contributed by atoms with E-state index < -0.39 is 0 Å². The van der Waals surface area contributed by atoms with Gasteiger partial charge in [0.05, 0.1) is 17.1 Å². The number of aromatic nitrogens is 2. The Hall–Kier alpha value is -1.35. The second-order valence-electron chi connectivity index (χ2n) is 3.91. The van der Waals surface area contributed by atoms with Crippen LogP contribution in [0.1, 0.15) is 25.7 Å². The van der Waals surface area contributed by atoms with Crippen LogP contribution in [0.15, 0.2) is 24.3 Å². The van der Waals surface area contributed by atoms with Crippen LogP contribution in [0.3, 0.4) is 0 Å². The summed E-state index contributed by atoms with van der Waals surface area (Å²) in [5.74, 6) is 1.27. The summed E-state index contributed by atoms with van der Waals surface area (Å²) in [6.45, 7) is 4.19. The topological polar surface area (TPSA) is 54.7 Å². The van der Waals surface area contributed by atoms with E-state index in [-0.39, 0.29) is 6.04 Å². The molecule has 3 heteroatoms. The standard InChI is InChI=1S/C11H15N3/c1-7(2)10(12)11-13-8-5-3-4-6-9(8)14-11/h3-7,10H,12H2,1-2H3,(H,13,14)/t10-/m1/s1. The van der Waals surface area contributed by atoms with Crippen LogP contribution in [0, 0.1) is 5.92 Å². The summed E-state index contributed by atoms with van der Waals surface area (Å²) >= 11 is 0. The number of hydrogen-bond acceptors (Lipinski definition) is 2. The smallest absolute Gasteiger partial charge is 0.124 e. The third kappa shape index (κ3) is 1.51. The summed E-state index contributed by atoms with van der Waals surface area (Å²) in [7, 11) is 0. The minimum Gasteiger partial charge on any atom is -0.341 e. The Kier molecular flexibility index (Phi) is 2.25. The molecule has 2 aromatic rings. The molecule has 0 unspecified atom stereocenters. The van der Waals surface area contributed by atoms with E-state index >= 15 is 0 Å². The Balaban J connectivity index is 2.45. The lowest BCUT2D eigenvalue weighted by Crippen LogP contribution is -2.17. The maximum Gasteiger partial charge on any atom is 0.124 e. The second-order valence-corrected chi connectivity index (χ2v) is 3.91. The molecule has 74 valence electrons. The van der Waals surface area contributed by atoms with Crippen molar-refractivity contribution < 1.29 is 0 Å². The van der Waals surface area contributed by atoms with Crippen LogP contribution in [0.25, 0.3) is 11.0 Å². The van der Waals surface area contributed by atoms with E-state index in [1.165, 1.54) is 0 Å². The molecule has 1 atom stereocenters. The summed E-state index contributed by atoms with van der Waals surface area (Å²) in [5.41, 5.74) is 8.05. The van der Waals surface area contributed by atoms with Crippen molar-refractivity contribution in [2.45, 2.75) is 19.9 Å². The van der Waals surface area contributed by atoms with Gasteiger partial charge in [-0.15, -0.1) is 0 Å². The highest BCUT2D eigenvalue weighted by Crippen LogP contribution is 2.19. The number of H-pyrrole nitrogens is 1. The van der Waals surface area contributed by atoms with Crippen molar-refractivity contribution in [2.24, 2.45) is 11.7 Å². The van der Waals surface area contributed by atoms with E-state index in [4.69, 9.17) is 5.73 Å². The van der Waals surface area contributed by atoms with Gasteiger partial charge in [0.25, 0.3) is 0 Å². The van der Waals surface area contributed by atoms with Crippen LogP contribution in [-0.4, -0.2) is 9.97 Å². The maximum absolute atomic E-state index is 6.01. The van der Waals surface area contributed by atoms with E-state index in [0.29, 0.717) is 5.92 Å². The number of benzene rings is 1. The molecule has 1 aromatic carbocycles. The summed E-state index contributed by atoms with van der Waals surface area (Å²) in [4.78, 5) is 7.69. The van der Waals surface area contributed by atoms with Crippen molar-refractivity contribution in [1.82, 2.24) is 9.97 Å². The molecular weight excluding hydrogens is 174 g/mol. The lowest BCUT2D eigenvalue weighted by Gasteiger charge is -2.11. The fourth-order valence-electron chi connectivity index (χ4n) is 1.45. The number of imidazole rings is 1. The number of hydrogen-bond donors (Lipinski definition) is 2. The predicted octanol–water partition coefficient (Wildman–Crippen LogP) is 2.22. The minimum atomic E-state index is -0.0117. The number of nitrogens with zero attached hydrogens (tertiary/aromatic N) is 1. The Morgan fingerprint density at radius 3 is 2.64 bits per heavy atom. The summed E-state index contributed by atoms with van der Waals surface area (Å²) in [6, 6.07) is 7.96. The third-order valence-corrected chi connectivity index (χ3v) is 2.44. The van der Waals surface area contributed by atoms with Gasteiger partial charge in [-0.1, -0.05) is 26.0 Å². The summed E-state index contributed by atoms with van der Waals surface area (Å²) in [6.07, 6.45) is 0. The molecule has 0 bridgehead atoms. The van der Waals surface area contributed by atoms with Crippen LogP contribution >= 0.6 is 0 Å². The molecule has 0 saturated heterocycles. The molecule has 1 heterocycles. The molecule has 0 aliphatic heterocycles. The van der Waals surface area contributed by atoms with E-state index in [1.54, 1.807) is 0 Å². The Labute approximate surface area is 83.3 Å². The van der Waals surface area contributed by atoms with Crippen LogP contribution in [0.5, 0.6) is 0 Å². The summed E-state index contributed by atoms with van der Waals surface area (Å²) < 4.78 is 0. The fourth-order valence-corrected chi connectivity index (χ4v) is 1.45. The van der Waals surface area contributed by atoms with E-state index in [9.17, 15) is 0 Å². The van der Waals surface area contributed by atoms with Crippen LogP contribution < -0.4 is 5.73 Å². The number of fused-ring (bicyclic) bond motifs is 1. The van der Waals surface area contributed by atoms with Gasteiger partial charge in [0.1, 0.15) is 5.82 Å². The monoisotopic (exact) mass is 189 g/mol. The summed E-state index contributed by atoms with van der Waals surface area (Å²) in [5, 5.41) is 0. The largest absolute Gasteiger partial charge is 0.341 e. The molecule has 3 N–H and O–H groups in total. The van der Waals surface area contributed by atoms with Crippen molar-refractivity contribution in [3.8, 4) is 0 Å². The van der Waals surface area contributed by atoms with E-state index in [2.05, 4.69) is 23.8 Å². The predicted molar refractivity (Wildman–Crippen MR) is 57.9 cm³/mol. The van der Waals surface area contributed by atoms with Gasteiger partial charge >= 0.3 is 0 Å². The molecule has 14 heavy (non-hydrogen) atoms. The first-order valence-electron chi connectivity index (χ1n) is 4.88. The lowest BCUT2D eigenvalue weighted by molar-refractivity contribution is 0.495. The normalized spacial score (nSPS) is 13.7. The molecule has 0 spiro atoms. The molecule has 0 aliphatic rings. The van der Waals surface area contributed by atoms with Crippen LogP contribution in [0.4, 0.5) is 0 Å². The van der Waals surface area contributed by atoms with Gasteiger partial charge < -0.3 is 10.7 Å². The number of nitrogens with two attached hydrogens (primary N) is 1. The third-order valence-electron chi connectivity index (χ3n) is 2.44. The van der Waals surface area contributed by atoms with Crippen molar-refractivity contribution in [3.63, 3.8) is 0 Å². The molecule has 3 nitrogen and oxygen atoms in total. The van der Waals surface area contributed by atoms with Crippen molar-refractivity contribution >= 4 is 11.0 Å². The number of para-hydroxylation sites is 2. The van der Waals surface area contributed by atoms with Gasteiger partial charge in [0.15, 0.2) is 0 Å². The number of nitrogens with one attached hydrogen (secondary N) is 1. The molecule has 0 fully saturated rings. The zero-order chi connectivity index (χ0) is 10.1. The average Bonchev–Trinajstić information content (AvgIpc) is 2.59. The van der Waals surface area contributed by atoms with Gasteiger partial charge in [-0.05, 0) is 18.1 Å². The first-order chi connectivity index (χ1) is 6.68. The molecule has 2 rings (SSSR count). The lowest BCUT2D eigenvalue weighted by atomic mass is 10.1. The van der Waals surface area contributed by atoms with Crippen molar-refractivity contribution in [3.05, 3.63) is 30.1 Å². The molecule has 0 amide bonds.